The number of sulfone groups is 1. The Kier molecular flexibility index (Phi) is 7.71. The second kappa shape index (κ2) is 10.9. The van der Waals surface area contributed by atoms with Crippen molar-refractivity contribution < 1.29 is 13.2 Å². The van der Waals surface area contributed by atoms with E-state index in [1.54, 1.807) is 80.1 Å². The van der Waals surface area contributed by atoms with E-state index in [4.69, 9.17) is 0 Å². The zero-order valence-corrected chi connectivity index (χ0v) is 21.8. The molecule has 0 spiro atoms. The van der Waals surface area contributed by atoms with E-state index in [-0.39, 0.29) is 15.7 Å². The number of amides is 1. The summed E-state index contributed by atoms with van der Waals surface area (Å²) in [5.74, 6) is 0.314. The predicted octanol–water partition coefficient (Wildman–Crippen LogP) is 5.23. The molecule has 4 rings (SSSR count). The van der Waals surface area contributed by atoms with Gasteiger partial charge in [-0.1, -0.05) is 29.8 Å². The lowest BCUT2D eigenvalue weighted by Crippen LogP contribution is -2.16. The van der Waals surface area contributed by atoms with Crippen LogP contribution >= 0.6 is 11.8 Å². The van der Waals surface area contributed by atoms with Gasteiger partial charge in [-0.15, -0.1) is 11.8 Å². The number of aryl methyl sites for hydroxylation is 1. The third kappa shape index (κ3) is 5.92. The summed E-state index contributed by atoms with van der Waals surface area (Å²) in [7, 11) is -0.233. The number of benzene rings is 3. The maximum absolute atomic E-state index is 13.5. The number of nitrogens with one attached hydrogen (secondary N) is 1. The van der Waals surface area contributed by atoms with Gasteiger partial charge in [0.15, 0.2) is 0 Å². The van der Waals surface area contributed by atoms with Crippen molar-refractivity contribution in [2.75, 3.05) is 24.3 Å². The molecule has 1 amide bonds. The van der Waals surface area contributed by atoms with Gasteiger partial charge in [-0.05, 0) is 55.0 Å². The van der Waals surface area contributed by atoms with Crippen LogP contribution in [0.25, 0.3) is 0 Å². The molecule has 0 fully saturated rings. The molecule has 1 N–H and O–H groups in total. The van der Waals surface area contributed by atoms with E-state index in [0.29, 0.717) is 22.7 Å². The zero-order chi connectivity index (χ0) is 25.7. The van der Waals surface area contributed by atoms with Crippen molar-refractivity contribution in [3.63, 3.8) is 0 Å². The number of hydrogen-bond donors (Lipinski definition) is 1. The van der Waals surface area contributed by atoms with Crippen LogP contribution in [0.4, 0.5) is 11.4 Å². The molecule has 7 nitrogen and oxygen atoms in total. The van der Waals surface area contributed by atoms with Gasteiger partial charge >= 0.3 is 0 Å². The highest BCUT2D eigenvalue weighted by Gasteiger charge is 2.23. The third-order valence-corrected chi connectivity index (χ3v) is 8.22. The fourth-order valence-electron chi connectivity index (χ4n) is 3.54. The van der Waals surface area contributed by atoms with Crippen molar-refractivity contribution in [2.45, 2.75) is 27.5 Å². The van der Waals surface area contributed by atoms with Gasteiger partial charge in [0.25, 0.3) is 5.91 Å². The van der Waals surface area contributed by atoms with E-state index in [0.717, 1.165) is 16.2 Å². The smallest absolute Gasteiger partial charge is 0.255 e. The largest absolute Gasteiger partial charge is 0.377 e. The lowest BCUT2D eigenvalue weighted by molar-refractivity contribution is 0.102. The van der Waals surface area contributed by atoms with Gasteiger partial charge in [-0.3, -0.25) is 9.78 Å². The highest BCUT2D eigenvalue weighted by atomic mass is 32.2. The minimum Gasteiger partial charge on any atom is -0.377 e. The minimum atomic E-state index is -3.80. The molecule has 0 atom stereocenters. The summed E-state index contributed by atoms with van der Waals surface area (Å²) >= 11 is 1.53. The standard InChI is InChI=1S/C27H26N4O3S2/c1-19-7-10-23(11-8-19)36(33,34)25-16-22(9-12-24(25)31(2)3)30-27(32)21-6-4-5-20(15-21)18-35-26-17-28-13-14-29-26/h4-17H,18H2,1-3H3,(H,30,32). The molecule has 0 aliphatic carbocycles. The van der Waals surface area contributed by atoms with Crippen LogP contribution in [-0.2, 0) is 15.6 Å². The quantitative estimate of drug-likeness (QED) is 0.319. The molecule has 9 heteroatoms. The normalized spacial score (nSPS) is 11.2. The number of aromatic nitrogens is 2. The van der Waals surface area contributed by atoms with Crippen molar-refractivity contribution >= 4 is 38.9 Å². The van der Waals surface area contributed by atoms with Crippen LogP contribution in [0.2, 0.25) is 0 Å². The molecule has 0 saturated carbocycles. The van der Waals surface area contributed by atoms with Gasteiger partial charge in [-0.2, -0.15) is 0 Å². The lowest BCUT2D eigenvalue weighted by atomic mass is 10.1. The number of rotatable bonds is 8. The first-order chi connectivity index (χ1) is 17.2. The fourth-order valence-corrected chi connectivity index (χ4v) is 5.87. The van der Waals surface area contributed by atoms with Crippen molar-refractivity contribution in [1.82, 2.24) is 9.97 Å². The van der Waals surface area contributed by atoms with E-state index in [1.165, 1.54) is 17.8 Å². The third-order valence-electron chi connectivity index (χ3n) is 5.44. The fraction of sp³-hybridized carbons (Fsp3) is 0.148. The molecule has 1 aromatic heterocycles. The van der Waals surface area contributed by atoms with E-state index in [1.807, 2.05) is 25.1 Å². The Morgan fingerprint density at radius 2 is 1.78 bits per heavy atom. The van der Waals surface area contributed by atoms with Gasteiger partial charge in [0, 0.05) is 43.5 Å². The Morgan fingerprint density at radius 3 is 2.47 bits per heavy atom. The van der Waals surface area contributed by atoms with Crippen LogP contribution in [0.15, 0.2) is 100 Å². The molecule has 0 saturated heterocycles. The van der Waals surface area contributed by atoms with Crippen LogP contribution in [0.1, 0.15) is 21.5 Å². The topological polar surface area (TPSA) is 92.3 Å². The van der Waals surface area contributed by atoms with Gasteiger partial charge in [0.2, 0.25) is 9.84 Å². The van der Waals surface area contributed by atoms with Gasteiger partial charge < -0.3 is 10.2 Å². The predicted molar refractivity (Wildman–Crippen MR) is 143 cm³/mol. The van der Waals surface area contributed by atoms with Crippen molar-refractivity contribution in [1.29, 1.82) is 0 Å². The van der Waals surface area contributed by atoms with Crippen LogP contribution in [0, 0.1) is 6.92 Å². The Labute approximate surface area is 215 Å². The van der Waals surface area contributed by atoms with Crippen LogP contribution in [-0.4, -0.2) is 38.4 Å². The molecular weight excluding hydrogens is 492 g/mol. The molecular formula is C27H26N4O3S2. The first-order valence-corrected chi connectivity index (χ1v) is 13.6. The van der Waals surface area contributed by atoms with Crippen LogP contribution in [0.5, 0.6) is 0 Å². The maximum Gasteiger partial charge on any atom is 0.255 e. The lowest BCUT2D eigenvalue weighted by Gasteiger charge is -2.19. The summed E-state index contributed by atoms with van der Waals surface area (Å²) < 4.78 is 26.9. The van der Waals surface area contributed by atoms with Crippen LogP contribution < -0.4 is 10.2 Å². The monoisotopic (exact) mass is 518 g/mol. The first-order valence-electron chi connectivity index (χ1n) is 11.2. The molecule has 0 bridgehead atoms. The van der Waals surface area contributed by atoms with Crippen molar-refractivity contribution in [3.05, 3.63) is 102 Å². The highest BCUT2D eigenvalue weighted by molar-refractivity contribution is 7.98. The second-order valence-corrected chi connectivity index (χ2v) is 11.3. The summed E-state index contributed by atoms with van der Waals surface area (Å²) in [6.45, 7) is 1.90. The molecule has 4 aromatic rings. The van der Waals surface area contributed by atoms with Gasteiger partial charge in [0.1, 0.15) is 5.03 Å². The Morgan fingerprint density at radius 1 is 1.00 bits per heavy atom. The molecule has 1 heterocycles. The summed E-state index contributed by atoms with van der Waals surface area (Å²) in [6.07, 6.45) is 4.96. The second-order valence-electron chi connectivity index (χ2n) is 8.38. The first kappa shape index (κ1) is 25.4. The van der Waals surface area contributed by atoms with E-state index in [9.17, 15) is 13.2 Å². The van der Waals surface area contributed by atoms with Crippen LogP contribution in [0.3, 0.4) is 0 Å². The van der Waals surface area contributed by atoms with Crippen molar-refractivity contribution in [2.24, 2.45) is 0 Å². The molecule has 0 aliphatic heterocycles. The Bertz CT molecular complexity index is 1470. The van der Waals surface area contributed by atoms with Gasteiger partial charge in [-0.25, -0.2) is 13.4 Å². The Balaban J connectivity index is 1.57. The summed E-state index contributed by atoms with van der Waals surface area (Å²) in [5, 5.41) is 3.65. The van der Waals surface area contributed by atoms with Crippen molar-refractivity contribution in [3.8, 4) is 0 Å². The molecule has 36 heavy (non-hydrogen) atoms. The highest BCUT2D eigenvalue weighted by Crippen LogP contribution is 2.32. The molecule has 0 aliphatic rings. The maximum atomic E-state index is 13.5. The van der Waals surface area contributed by atoms with E-state index >= 15 is 0 Å². The average Bonchev–Trinajstić information content (AvgIpc) is 2.88. The number of carbonyl (C=O) groups is 1. The summed E-state index contributed by atoms with van der Waals surface area (Å²) in [5.41, 5.74) is 3.35. The van der Waals surface area contributed by atoms with E-state index in [2.05, 4.69) is 15.3 Å². The molecule has 0 unspecified atom stereocenters. The summed E-state index contributed by atoms with van der Waals surface area (Å²) in [6, 6.07) is 19.0. The summed E-state index contributed by atoms with van der Waals surface area (Å²) in [4.78, 5) is 23.4. The number of carbonyl (C=O) groups excluding carboxylic acids is 1. The Hall–Kier alpha value is -3.69. The number of nitrogens with zero attached hydrogens (tertiary/aromatic N) is 3. The SMILES string of the molecule is Cc1ccc(S(=O)(=O)c2cc(NC(=O)c3cccc(CSc4cnccn4)c3)ccc2N(C)C)cc1. The number of hydrogen-bond acceptors (Lipinski definition) is 7. The van der Waals surface area contributed by atoms with Gasteiger partial charge in [0.05, 0.1) is 21.7 Å². The number of thioether (sulfide) groups is 1. The average molecular weight is 519 g/mol. The molecule has 0 radical (unpaired) electrons. The minimum absolute atomic E-state index is 0.128. The molecule has 184 valence electrons. The van der Waals surface area contributed by atoms with E-state index < -0.39 is 9.84 Å². The number of anilines is 2. The zero-order valence-electron chi connectivity index (χ0n) is 20.2. The molecule has 3 aromatic carbocycles.